The van der Waals surface area contributed by atoms with Gasteiger partial charge in [-0.05, 0) is 30.9 Å². The lowest BCUT2D eigenvalue weighted by Crippen LogP contribution is -2.51. The lowest BCUT2D eigenvalue weighted by Gasteiger charge is -2.34. The van der Waals surface area contributed by atoms with Gasteiger partial charge in [0.1, 0.15) is 0 Å². The minimum Gasteiger partial charge on any atom is -0.392 e. The molecule has 1 unspecified atom stereocenters. The van der Waals surface area contributed by atoms with Crippen LogP contribution in [0.4, 0.5) is 5.69 Å². The SMILES string of the molecule is CCNC(=NCc1ccccc1CO)NC1CCCN(c2cnn(C)c2)C1.I. The van der Waals surface area contributed by atoms with E-state index in [-0.39, 0.29) is 30.6 Å². The van der Waals surface area contributed by atoms with Gasteiger partial charge < -0.3 is 20.6 Å². The predicted octanol–water partition coefficient (Wildman–Crippen LogP) is 2.25. The number of aliphatic imine (C=N–C) groups is 1. The standard InChI is InChI=1S/C20H30N6O.HI/c1-3-21-20(22-11-16-7-4-5-8-17(16)15-27)24-18-9-6-10-26(13-18)19-12-23-25(2)14-19;/h4-5,7-8,12,14,18,27H,3,6,9-11,13,15H2,1-2H3,(H2,21,22,24);1H. The molecular formula is C20H31IN6O. The summed E-state index contributed by atoms with van der Waals surface area (Å²) in [6, 6.07) is 8.22. The lowest BCUT2D eigenvalue weighted by atomic mass is 10.1. The van der Waals surface area contributed by atoms with E-state index in [9.17, 15) is 5.11 Å². The molecule has 28 heavy (non-hydrogen) atoms. The number of aliphatic hydroxyl groups is 1. The number of nitrogens with zero attached hydrogens (tertiary/aromatic N) is 4. The fourth-order valence-electron chi connectivity index (χ4n) is 3.44. The van der Waals surface area contributed by atoms with E-state index in [1.807, 2.05) is 42.2 Å². The Morgan fingerprint density at radius 2 is 2.11 bits per heavy atom. The molecule has 3 N–H and O–H groups in total. The van der Waals surface area contributed by atoms with Crippen LogP contribution >= 0.6 is 24.0 Å². The van der Waals surface area contributed by atoms with Crippen molar-refractivity contribution in [3.63, 3.8) is 0 Å². The summed E-state index contributed by atoms with van der Waals surface area (Å²) in [5, 5.41) is 20.7. The number of rotatable bonds is 6. The van der Waals surface area contributed by atoms with Gasteiger partial charge in [-0.1, -0.05) is 24.3 Å². The first-order valence-corrected chi connectivity index (χ1v) is 9.65. The number of guanidine groups is 1. The third-order valence-electron chi connectivity index (χ3n) is 4.86. The molecule has 1 atom stereocenters. The van der Waals surface area contributed by atoms with Gasteiger partial charge in [-0.3, -0.25) is 4.68 Å². The van der Waals surface area contributed by atoms with Crippen molar-refractivity contribution < 1.29 is 5.11 Å². The van der Waals surface area contributed by atoms with E-state index in [1.54, 1.807) is 0 Å². The highest BCUT2D eigenvalue weighted by Crippen LogP contribution is 2.19. The summed E-state index contributed by atoms with van der Waals surface area (Å²) < 4.78 is 1.84. The molecule has 1 aliphatic rings. The van der Waals surface area contributed by atoms with Crippen LogP contribution in [0.5, 0.6) is 0 Å². The summed E-state index contributed by atoms with van der Waals surface area (Å²) in [6.07, 6.45) is 6.24. The Bertz CT molecular complexity index is 763. The number of anilines is 1. The molecule has 0 aliphatic carbocycles. The molecule has 7 nitrogen and oxygen atoms in total. The molecule has 3 rings (SSSR count). The number of aromatic nitrogens is 2. The zero-order valence-electron chi connectivity index (χ0n) is 16.6. The molecular weight excluding hydrogens is 467 g/mol. The highest BCUT2D eigenvalue weighted by molar-refractivity contribution is 14.0. The van der Waals surface area contributed by atoms with E-state index in [0.717, 1.165) is 49.6 Å². The highest BCUT2D eigenvalue weighted by atomic mass is 127. The van der Waals surface area contributed by atoms with Gasteiger partial charge in [0.2, 0.25) is 0 Å². The quantitative estimate of drug-likeness (QED) is 0.324. The van der Waals surface area contributed by atoms with Crippen LogP contribution < -0.4 is 15.5 Å². The van der Waals surface area contributed by atoms with Crippen LogP contribution in [0.1, 0.15) is 30.9 Å². The average molecular weight is 498 g/mol. The summed E-state index contributed by atoms with van der Waals surface area (Å²) in [6.45, 7) is 5.46. The Hall–Kier alpha value is -1.81. The Balaban J connectivity index is 0.00000280. The van der Waals surface area contributed by atoms with E-state index in [2.05, 4.69) is 33.8 Å². The molecule has 1 aliphatic heterocycles. The fraction of sp³-hybridized carbons (Fsp3) is 0.500. The minimum absolute atomic E-state index is 0. The summed E-state index contributed by atoms with van der Waals surface area (Å²) in [5.41, 5.74) is 3.15. The van der Waals surface area contributed by atoms with Gasteiger partial charge in [-0.2, -0.15) is 5.10 Å². The summed E-state index contributed by atoms with van der Waals surface area (Å²) in [5.74, 6) is 0.822. The first-order valence-electron chi connectivity index (χ1n) is 9.65. The normalized spacial score (nSPS) is 17.2. The first kappa shape index (κ1) is 22.5. The molecule has 1 fully saturated rings. The number of piperidine rings is 1. The lowest BCUT2D eigenvalue weighted by molar-refractivity contribution is 0.280. The number of benzene rings is 1. The van der Waals surface area contributed by atoms with Gasteiger partial charge in [-0.25, -0.2) is 4.99 Å². The van der Waals surface area contributed by atoms with Crippen molar-refractivity contribution in [3.05, 3.63) is 47.8 Å². The van der Waals surface area contributed by atoms with Crippen molar-refractivity contribution in [1.29, 1.82) is 0 Å². The van der Waals surface area contributed by atoms with Crippen molar-refractivity contribution in [2.24, 2.45) is 12.0 Å². The molecule has 1 saturated heterocycles. The maximum atomic E-state index is 9.50. The van der Waals surface area contributed by atoms with Crippen molar-refractivity contribution >= 4 is 35.6 Å². The van der Waals surface area contributed by atoms with E-state index in [4.69, 9.17) is 4.99 Å². The Kier molecular flexibility index (Phi) is 9.04. The van der Waals surface area contributed by atoms with Crippen LogP contribution in [-0.4, -0.2) is 46.5 Å². The molecule has 1 aromatic carbocycles. The largest absolute Gasteiger partial charge is 0.392 e. The second kappa shape index (κ2) is 11.3. The summed E-state index contributed by atoms with van der Waals surface area (Å²) in [7, 11) is 1.95. The summed E-state index contributed by atoms with van der Waals surface area (Å²) >= 11 is 0. The van der Waals surface area contributed by atoms with Gasteiger partial charge in [0.05, 0.1) is 25.0 Å². The van der Waals surface area contributed by atoms with Crippen LogP contribution in [0.2, 0.25) is 0 Å². The molecule has 2 aromatic rings. The number of halogens is 1. The number of aliphatic hydroxyl groups excluding tert-OH is 1. The third kappa shape index (κ3) is 6.10. The van der Waals surface area contributed by atoms with Gasteiger partial charge in [0.25, 0.3) is 0 Å². The first-order chi connectivity index (χ1) is 13.2. The molecule has 0 radical (unpaired) electrons. The summed E-state index contributed by atoms with van der Waals surface area (Å²) in [4.78, 5) is 7.11. The maximum absolute atomic E-state index is 9.50. The number of hydrogen-bond donors (Lipinski definition) is 3. The zero-order valence-corrected chi connectivity index (χ0v) is 19.0. The monoisotopic (exact) mass is 498 g/mol. The molecule has 0 spiro atoms. The number of aryl methyl sites for hydroxylation is 1. The van der Waals surface area contributed by atoms with Crippen LogP contribution in [0.3, 0.4) is 0 Å². The molecule has 0 bridgehead atoms. The Labute approximate surface area is 184 Å². The molecule has 154 valence electrons. The second-order valence-electron chi connectivity index (χ2n) is 6.92. The van der Waals surface area contributed by atoms with Gasteiger partial charge in [0.15, 0.2) is 5.96 Å². The van der Waals surface area contributed by atoms with E-state index < -0.39 is 0 Å². The van der Waals surface area contributed by atoms with Gasteiger partial charge >= 0.3 is 0 Å². The maximum Gasteiger partial charge on any atom is 0.191 e. The van der Waals surface area contributed by atoms with E-state index in [1.165, 1.54) is 5.69 Å². The van der Waals surface area contributed by atoms with Crippen molar-refractivity contribution in [1.82, 2.24) is 20.4 Å². The molecule has 0 amide bonds. The fourth-order valence-corrected chi connectivity index (χ4v) is 3.44. The Morgan fingerprint density at radius 1 is 1.32 bits per heavy atom. The zero-order chi connectivity index (χ0) is 19.1. The van der Waals surface area contributed by atoms with E-state index in [0.29, 0.717) is 12.6 Å². The topological polar surface area (TPSA) is 77.7 Å². The van der Waals surface area contributed by atoms with Crippen LogP contribution in [0.15, 0.2) is 41.7 Å². The molecule has 2 heterocycles. The Morgan fingerprint density at radius 3 is 2.79 bits per heavy atom. The minimum atomic E-state index is 0. The third-order valence-corrected chi connectivity index (χ3v) is 4.86. The highest BCUT2D eigenvalue weighted by Gasteiger charge is 2.21. The average Bonchev–Trinajstić information content (AvgIpc) is 3.13. The van der Waals surface area contributed by atoms with Crippen LogP contribution in [-0.2, 0) is 20.2 Å². The molecule has 0 saturated carbocycles. The van der Waals surface area contributed by atoms with Crippen LogP contribution in [0, 0.1) is 0 Å². The number of nitrogens with one attached hydrogen (secondary N) is 2. The van der Waals surface area contributed by atoms with Crippen molar-refractivity contribution in [3.8, 4) is 0 Å². The second-order valence-corrected chi connectivity index (χ2v) is 6.92. The predicted molar refractivity (Wildman–Crippen MR) is 124 cm³/mol. The number of hydrogen-bond acceptors (Lipinski definition) is 4. The molecule has 1 aromatic heterocycles. The molecule has 8 heteroatoms. The smallest absolute Gasteiger partial charge is 0.191 e. The van der Waals surface area contributed by atoms with Gasteiger partial charge in [-0.15, -0.1) is 24.0 Å². The van der Waals surface area contributed by atoms with E-state index >= 15 is 0 Å². The van der Waals surface area contributed by atoms with Crippen LogP contribution in [0.25, 0.3) is 0 Å². The van der Waals surface area contributed by atoms with Crippen molar-refractivity contribution in [2.75, 3.05) is 24.5 Å². The van der Waals surface area contributed by atoms with Crippen molar-refractivity contribution in [2.45, 2.75) is 39.0 Å². The van der Waals surface area contributed by atoms with Gasteiger partial charge in [0, 0.05) is 38.9 Å².